The van der Waals surface area contributed by atoms with Crippen LogP contribution in [-0.4, -0.2) is 19.3 Å². The zero-order valence-electron chi connectivity index (χ0n) is 10.2. The number of fused-ring (bicyclic) bond motifs is 2. The lowest BCUT2D eigenvalue weighted by atomic mass is 9.73. The van der Waals surface area contributed by atoms with Crippen molar-refractivity contribution in [2.45, 2.75) is 37.6 Å². The lowest BCUT2D eigenvalue weighted by Crippen LogP contribution is -2.35. The highest BCUT2D eigenvalue weighted by Gasteiger charge is 2.38. The molecule has 1 aromatic carbocycles. The summed E-state index contributed by atoms with van der Waals surface area (Å²) in [7, 11) is 0. The fourth-order valence-corrected chi connectivity index (χ4v) is 4.15. The second kappa shape index (κ2) is 3.87. The van der Waals surface area contributed by atoms with E-state index in [4.69, 9.17) is 15.2 Å². The van der Waals surface area contributed by atoms with Gasteiger partial charge in [-0.25, -0.2) is 0 Å². The fraction of sp³-hybridized carbons (Fsp3) is 0.571. The van der Waals surface area contributed by atoms with Crippen LogP contribution in [0.2, 0.25) is 0 Å². The maximum absolute atomic E-state index is 5.95. The Labute approximate surface area is 115 Å². The largest absolute Gasteiger partial charge is 0.493 e. The maximum atomic E-state index is 5.95. The molecule has 0 radical (unpaired) electrons. The van der Waals surface area contributed by atoms with Crippen LogP contribution in [0, 0.1) is 0 Å². The molecule has 0 unspecified atom stereocenters. The van der Waals surface area contributed by atoms with Crippen molar-refractivity contribution in [3.8, 4) is 11.5 Å². The number of hydrogen-bond acceptors (Lipinski definition) is 3. The van der Waals surface area contributed by atoms with Gasteiger partial charge in [0.1, 0.15) is 11.5 Å². The van der Waals surface area contributed by atoms with Crippen molar-refractivity contribution < 1.29 is 9.47 Å². The molecule has 0 aromatic heterocycles. The summed E-state index contributed by atoms with van der Waals surface area (Å²) in [6.07, 6.45) is 4.16. The summed E-state index contributed by atoms with van der Waals surface area (Å²) in [6, 6.07) is 0.369. The van der Waals surface area contributed by atoms with Gasteiger partial charge in [0.15, 0.2) is 0 Å². The Morgan fingerprint density at radius 1 is 1.00 bits per heavy atom. The first kappa shape index (κ1) is 11.1. The molecule has 3 aliphatic rings. The first-order valence-corrected chi connectivity index (χ1v) is 7.43. The molecule has 0 amide bonds. The highest BCUT2D eigenvalue weighted by molar-refractivity contribution is 9.10. The highest BCUT2D eigenvalue weighted by Crippen LogP contribution is 2.52. The van der Waals surface area contributed by atoms with E-state index in [9.17, 15) is 0 Å². The van der Waals surface area contributed by atoms with Crippen LogP contribution < -0.4 is 15.2 Å². The number of hydrogen-bond donors (Lipinski definition) is 1. The smallest absolute Gasteiger partial charge is 0.137 e. The topological polar surface area (TPSA) is 44.5 Å². The van der Waals surface area contributed by atoms with Crippen molar-refractivity contribution in [3.63, 3.8) is 0 Å². The maximum Gasteiger partial charge on any atom is 0.137 e. The zero-order chi connectivity index (χ0) is 12.3. The zero-order valence-corrected chi connectivity index (χ0v) is 11.8. The Kier molecular flexibility index (Phi) is 2.39. The van der Waals surface area contributed by atoms with Crippen LogP contribution in [0.3, 0.4) is 0 Å². The monoisotopic (exact) mass is 309 g/mol. The average Bonchev–Trinajstić information content (AvgIpc) is 2.94. The minimum atomic E-state index is 0.369. The van der Waals surface area contributed by atoms with E-state index in [-0.39, 0.29) is 0 Å². The van der Waals surface area contributed by atoms with Crippen LogP contribution in [0.15, 0.2) is 4.47 Å². The van der Waals surface area contributed by atoms with E-state index in [0.717, 1.165) is 54.9 Å². The van der Waals surface area contributed by atoms with Gasteiger partial charge in [-0.3, -0.25) is 0 Å². The second-order valence-corrected chi connectivity index (χ2v) is 6.26. The van der Waals surface area contributed by atoms with Gasteiger partial charge in [-0.1, -0.05) is 0 Å². The summed E-state index contributed by atoms with van der Waals surface area (Å²) in [5.41, 5.74) is 10.0. The van der Waals surface area contributed by atoms with E-state index in [1.807, 2.05) is 0 Å². The number of rotatable bonds is 1. The third-order valence-electron chi connectivity index (χ3n) is 4.36. The van der Waals surface area contributed by atoms with Gasteiger partial charge in [-0.15, -0.1) is 0 Å². The van der Waals surface area contributed by atoms with E-state index in [1.54, 1.807) is 0 Å². The van der Waals surface area contributed by atoms with Gasteiger partial charge in [0.25, 0.3) is 0 Å². The van der Waals surface area contributed by atoms with Crippen molar-refractivity contribution in [1.29, 1.82) is 0 Å². The Morgan fingerprint density at radius 3 is 2.39 bits per heavy atom. The number of halogens is 1. The van der Waals surface area contributed by atoms with Crippen molar-refractivity contribution in [3.05, 3.63) is 21.2 Å². The third kappa shape index (κ3) is 1.39. The minimum Gasteiger partial charge on any atom is -0.493 e. The fourth-order valence-electron chi connectivity index (χ4n) is 3.42. The first-order valence-electron chi connectivity index (χ1n) is 6.64. The summed E-state index contributed by atoms with van der Waals surface area (Å²) in [6.45, 7) is 1.59. The van der Waals surface area contributed by atoms with Gasteiger partial charge in [0.05, 0.1) is 17.7 Å². The van der Waals surface area contributed by atoms with Gasteiger partial charge in [-0.05, 0) is 34.7 Å². The van der Waals surface area contributed by atoms with E-state index in [0.29, 0.717) is 12.0 Å². The van der Waals surface area contributed by atoms with Gasteiger partial charge in [0.2, 0.25) is 0 Å². The van der Waals surface area contributed by atoms with Crippen molar-refractivity contribution in [1.82, 2.24) is 0 Å². The molecule has 1 aromatic rings. The van der Waals surface area contributed by atoms with Gasteiger partial charge in [0, 0.05) is 35.6 Å². The van der Waals surface area contributed by atoms with Crippen LogP contribution in [-0.2, 0) is 12.8 Å². The summed E-state index contributed by atoms with van der Waals surface area (Å²) in [4.78, 5) is 0. The van der Waals surface area contributed by atoms with Gasteiger partial charge < -0.3 is 15.2 Å². The van der Waals surface area contributed by atoms with Crippen LogP contribution in [0.1, 0.15) is 35.4 Å². The number of nitrogens with two attached hydrogens (primary N) is 1. The molecular weight excluding hydrogens is 294 g/mol. The molecule has 0 atom stereocenters. The number of ether oxygens (including phenoxy) is 2. The van der Waals surface area contributed by atoms with Crippen LogP contribution in [0.4, 0.5) is 0 Å². The normalized spacial score (nSPS) is 28.1. The summed E-state index contributed by atoms with van der Waals surface area (Å²) < 4.78 is 12.8. The molecule has 1 fully saturated rings. The molecule has 2 N–H and O–H groups in total. The van der Waals surface area contributed by atoms with Crippen molar-refractivity contribution >= 4 is 15.9 Å². The van der Waals surface area contributed by atoms with Gasteiger partial charge >= 0.3 is 0 Å². The second-order valence-electron chi connectivity index (χ2n) is 5.47. The molecule has 0 saturated heterocycles. The molecule has 1 saturated carbocycles. The SMILES string of the molecule is NC1CC(c2c3c(c(Br)c4c2OCC4)OCC3)C1. The minimum absolute atomic E-state index is 0.369. The Morgan fingerprint density at radius 2 is 1.67 bits per heavy atom. The summed E-state index contributed by atoms with van der Waals surface area (Å²) in [5, 5.41) is 0. The molecular formula is C14H16BrNO2. The van der Waals surface area contributed by atoms with E-state index in [2.05, 4.69) is 15.9 Å². The molecule has 0 bridgehead atoms. The lowest BCUT2D eigenvalue weighted by Gasteiger charge is -2.35. The van der Waals surface area contributed by atoms with E-state index in [1.165, 1.54) is 16.7 Å². The van der Waals surface area contributed by atoms with Crippen LogP contribution >= 0.6 is 15.9 Å². The summed E-state index contributed by atoms with van der Waals surface area (Å²) >= 11 is 3.69. The average molecular weight is 310 g/mol. The highest BCUT2D eigenvalue weighted by atomic mass is 79.9. The molecule has 96 valence electrons. The van der Waals surface area contributed by atoms with Crippen LogP contribution in [0.25, 0.3) is 0 Å². The first-order chi connectivity index (χ1) is 8.75. The van der Waals surface area contributed by atoms with Crippen molar-refractivity contribution in [2.75, 3.05) is 13.2 Å². The predicted molar refractivity (Wildman–Crippen MR) is 72.5 cm³/mol. The summed E-state index contributed by atoms with van der Waals surface area (Å²) in [5.74, 6) is 2.77. The quantitative estimate of drug-likeness (QED) is 0.867. The third-order valence-corrected chi connectivity index (χ3v) is 5.20. The molecule has 3 nitrogen and oxygen atoms in total. The van der Waals surface area contributed by atoms with Crippen molar-refractivity contribution in [2.24, 2.45) is 5.73 Å². The standard InChI is InChI=1S/C14H16BrNO2/c15-12-10-2-4-17-13(10)11(7-5-8(16)6-7)9-1-3-18-14(9)12/h7-8H,1-6,16H2. The number of benzene rings is 1. The molecule has 18 heavy (non-hydrogen) atoms. The Balaban J connectivity index is 1.90. The predicted octanol–water partition coefficient (Wildman–Crippen LogP) is 2.52. The van der Waals surface area contributed by atoms with Gasteiger partial charge in [-0.2, -0.15) is 0 Å². The molecule has 4 rings (SSSR count). The van der Waals surface area contributed by atoms with Crippen LogP contribution in [0.5, 0.6) is 11.5 Å². The molecule has 2 aliphatic heterocycles. The van der Waals surface area contributed by atoms with E-state index >= 15 is 0 Å². The lowest BCUT2D eigenvalue weighted by molar-refractivity contribution is 0.318. The molecule has 0 spiro atoms. The molecule has 1 aliphatic carbocycles. The Bertz CT molecular complexity index is 488. The molecule has 2 heterocycles. The van der Waals surface area contributed by atoms with E-state index < -0.39 is 0 Å². The Hall–Kier alpha value is -0.740. The molecule has 4 heteroatoms.